The second-order valence-electron chi connectivity index (χ2n) is 12.0. The molecule has 0 aliphatic heterocycles. The van der Waals surface area contributed by atoms with Crippen LogP contribution in [0.5, 0.6) is 28.7 Å². The smallest absolute Gasteiger partial charge is 0.305 e. The summed E-state index contributed by atoms with van der Waals surface area (Å²) in [5, 5.41) is 22.7. The number of rotatable bonds is 18. The number of methoxy groups -OCH3 is 3. The predicted molar refractivity (Wildman–Crippen MR) is 194 cm³/mol. The number of aryl methyl sites for hydroxylation is 1. The van der Waals surface area contributed by atoms with Gasteiger partial charge in [-0.3, -0.25) is 14.4 Å². The zero-order valence-corrected chi connectivity index (χ0v) is 30.8. The van der Waals surface area contributed by atoms with E-state index in [0.29, 0.717) is 70.9 Å². The molecule has 2 N–H and O–H groups in total. The molecule has 0 aliphatic rings. The van der Waals surface area contributed by atoms with Gasteiger partial charge in [0.25, 0.3) is 0 Å². The van der Waals surface area contributed by atoms with Crippen LogP contribution in [-0.4, -0.2) is 84.2 Å². The van der Waals surface area contributed by atoms with Crippen molar-refractivity contribution in [2.75, 3.05) is 41.2 Å². The average molecular weight is 732 g/mol. The van der Waals surface area contributed by atoms with E-state index in [4.69, 9.17) is 29.2 Å². The van der Waals surface area contributed by atoms with E-state index in [1.165, 1.54) is 21.3 Å². The number of nitrogens with zero attached hydrogens (tertiary/aromatic N) is 3. The first kappa shape index (κ1) is 39.9. The fraction of sp³-hybridized carbons (Fsp3) is 0.385. The molecule has 0 unspecified atom stereocenters. The molecule has 1 heterocycles. The normalized spacial score (nSPS) is 10.8. The third kappa shape index (κ3) is 10.6. The predicted octanol–water partition coefficient (Wildman–Crippen LogP) is 6.21. The summed E-state index contributed by atoms with van der Waals surface area (Å²) >= 11 is 0. The zero-order valence-electron chi connectivity index (χ0n) is 30.8. The molecule has 3 aromatic carbocycles. The monoisotopic (exact) mass is 731 g/mol. The van der Waals surface area contributed by atoms with Gasteiger partial charge in [-0.15, -0.1) is 0 Å². The summed E-state index contributed by atoms with van der Waals surface area (Å²) in [6.45, 7) is 6.07. The number of hydrogen-bond donors (Lipinski definition) is 2. The topological polar surface area (TPSA) is 186 Å². The fourth-order valence-electron chi connectivity index (χ4n) is 5.24. The Labute approximate surface area is 308 Å². The Morgan fingerprint density at radius 3 is 1.32 bits per heavy atom. The molecule has 53 heavy (non-hydrogen) atoms. The Morgan fingerprint density at radius 2 is 0.925 bits per heavy atom. The molecular formula is C39H45N3O11. The van der Waals surface area contributed by atoms with Gasteiger partial charge in [0.2, 0.25) is 0 Å². The number of phenolic OH excluding ortho intramolecular Hbond substituents is 2. The number of carbonyl (C=O) groups is 3. The number of hydrogen-bond acceptors (Lipinski definition) is 14. The molecule has 0 saturated carbocycles. The van der Waals surface area contributed by atoms with E-state index in [2.05, 4.69) is 14.2 Å². The van der Waals surface area contributed by atoms with Crippen molar-refractivity contribution in [1.29, 1.82) is 0 Å². The lowest BCUT2D eigenvalue weighted by molar-refractivity contribution is -0.141. The van der Waals surface area contributed by atoms with Gasteiger partial charge in [0.05, 0.1) is 52.3 Å². The largest absolute Gasteiger partial charge is 0.507 e. The summed E-state index contributed by atoms with van der Waals surface area (Å²) in [7, 11) is 4.00. The minimum Gasteiger partial charge on any atom is -0.507 e. The van der Waals surface area contributed by atoms with E-state index in [9.17, 15) is 24.6 Å². The van der Waals surface area contributed by atoms with Gasteiger partial charge in [-0.25, -0.2) is 15.0 Å². The van der Waals surface area contributed by atoms with Crippen molar-refractivity contribution in [3.05, 3.63) is 59.2 Å². The van der Waals surface area contributed by atoms with Crippen LogP contribution in [0.25, 0.3) is 34.2 Å². The lowest BCUT2D eigenvalue weighted by Gasteiger charge is -2.16. The molecule has 14 heteroatoms. The van der Waals surface area contributed by atoms with Crippen LogP contribution in [0.4, 0.5) is 0 Å². The van der Waals surface area contributed by atoms with E-state index in [1.807, 2.05) is 13.0 Å². The van der Waals surface area contributed by atoms with Crippen molar-refractivity contribution in [2.24, 2.45) is 0 Å². The maximum absolute atomic E-state index is 11.5. The Kier molecular flexibility index (Phi) is 14.3. The summed E-state index contributed by atoms with van der Waals surface area (Å²) in [4.78, 5) is 48.6. The molecule has 0 bridgehead atoms. The molecule has 0 atom stereocenters. The maximum atomic E-state index is 11.5. The summed E-state index contributed by atoms with van der Waals surface area (Å²) in [6, 6.07) is 12.1. The highest BCUT2D eigenvalue weighted by Gasteiger charge is 2.21. The van der Waals surface area contributed by atoms with E-state index in [-0.39, 0.29) is 79.4 Å². The number of ether oxygens (including phenoxy) is 6. The zero-order chi connectivity index (χ0) is 38.5. The lowest BCUT2D eigenvalue weighted by atomic mass is 10.1. The summed E-state index contributed by atoms with van der Waals surface area (Å²) < 4.78 is 31.6. The Hall–Kier alpha value is -5.92. The van der Waals surface area contributed by atoms with Crippen LogP contribution >= 0.6 is 0 Å². The highest BCUT2D eigenvalue weighted by Crippen LogP contribution is 2.40. The van der Waals surface area contributed by atoms with Crippen molar-refractivity contribution in [2.45, 2.75) is 59.3 Å². The van der Waals surface area contributed by atoms with E-state index < -0.39 is 0 Å². The number of esters is 3. The molecule has 4 rings (SSSR count). The maximum Gasteiger partial charge on any atom is 0.305 e. The van der Waals surface area contributed by atoms with Crippen LogP contribution < -0.4 is 14.2 Å². The van der Waals surface area contributed by atoms with Gasteiger partial charge in [0.1, 0.15) is 28.7 Å². The van der Waals surface area contributed by atoms with E-state index in [1.54, 1.807) is 50.2 Å². The van der Waals surface area contributed by atoms with Crippen molar-refractivity contribution in [3.63, 3.8) is 0 Å². The van der Waals surface area contributed by atoms with Gasteiger partial charge in [0, 0.05) is 36.0 Å². The minimum atomic E-state index is -0.336. The molecular weight excluding hydrogens is 686 g/mol. The van der Waals surface area contributed by atoms with Crippen molar-refractivity contribution < 1.29 is 53.0 Å². The lowest BCUT2D eigenvalue weighted by Crippen LogP contribution is -2.06. The summed E-state index contributed by atoms with van der Waals surface area (Å²) in [5.74, 6) is 0.840. The van der Waals surface area contributed by atoms with Gasteiger partial charge < -0.3 is 38.6 Å². The minimum absolute atomic E-state index is 0.110. The summed E-state index contributed by atoms with van der Waals surface area (Å²) in [6.07, 6.45) is 2.01. The Balaban J connectivity index is 1.70. The molecule has 0 radical (unpaired) electrons. The highest BCUT2D eigenvalue weighted by molar-refractivity contribution is 5.75. The van der Waals surface area contributed by atoms with Crippen LogP contribution in [0.1, 0.15) is 55.2 Å². The third-order valence-electron chi connectivity index (χ3n) is 8.34. The quantitative estimate of drug-likeness (QED) is 0.0669. The number of aromatic hydroxyl groups is 2. The first-order valence-electron chi connectivity index (χ1n) is 17.1. The summed E-state index contributed by atoms with van der Waals surface area (Å²) in [5.41, 5.74) is 2.92. The van der Waals surface area contributed by atoms with E-state index in [0.717, 1.165) is 5.56 Å². The van der Waals surface area contributed by atoms with Crippen LogP contribution in [0, 0.1) is 20.8 Å². The van der Waals surface area contributed by atoms with Gasteiger partial charge >= 0.3 is 17.9 Å². The molecule has 1 aromatic heterocycles. The SMILES string of the molecule is COC(=O)CCCOc1ccc(-c2nc(-c3ccc(OCCCC(=O)OC)c(C)c3O)nc(-c3ccc(OCCCC(=O)OC)c(C)c3O)n2)cc1C. The molecule has 4 aromatic rings. The van der Waals surface area contributed by atoms with Crippen LogP contribution in [-0.2, 0) is 28.6 Å². The molecule has 0 saturated heterocycles. The van der Waals surface area contributed by atoms with Crippen LogP contribution in [0.15, 0.2) is 42.5 Å². The standard InChI is InChI=1S/C39H45N3O11/c1-23-22-26(13-16-29(23)51-19-7-10-32(43)48-4)37-40-38(27-14-17-30(24(2)35(27)46)52-20-8-11-33(44)49-5)42-39(41-37)28-15-18-31(25(3)36(28)47)53-21-9-12-34(45)50-6/h13-18,22,46-47H,7-12,19-21H2,1-6H3. The Bertz CT molecular complexity index is 1830. The second-order valence-corrected chi connectivity index (χ2v) is 12.0. The number of phenols is 2. The van der Waals surface area contributed by atoms with Crippen LogP contribution in [0.2, 0.25) is 0 Å². The molecule has 14 nitrogen and oxygen atoms in total. The molecule has 0 aliphatic carbocycles. The van der Waals surface area contributed by atoms with Gasteiger partial charge in [-0.1, -0.05) is 0 Å². The van der Waals surface area contributed by atoms with Gasteiger partial charge in [0.15, 0.2) is 17.5 Å². The molecule has 282 valence electrons. The first-order chi connectivity index (χ1) is 25.5. The van der Waals surface area contributed by atoms with Crippen molar-refractivity contribution in [1.82, 2.24) is 15.0 Å². The number of benzene rings is 3. The van der Waals surface area contributed by atoms with Gasteiger partial charge in [-0.2, -0.15) is 0 Å². The fourth-order valence-corrected chi connectivity index (χ4v) is 5.24. The molecule has 0 amide bonds. The highest BCUT2D eigenvalue weighted by atomic mass is 16.5. The van der Waals surface area contributed by atoms with E-state index >= 15 is 0 Å². The average Bonchev–Trinajstić information content (AvgIpc) is 3.16. The molecule has 0 spiro atoms. The van der Waals surface area contributed by atoms with Crippen molar-refractivity contribution >= 4 is 17.9 Å². The van der Waals surface area contributed by atoms with Gasteiger partial charge in [-0.05, 0) is 88.1 Å². The molecule has 0 fully saturated rings. The number of carbonyl (C=O) groups excluding carboxylic acids is 3. The van der Waals surface area contributed by atoms with Crippen molar-refractivity contribution in [3.8, 4) is 62.9 Å². The third-order valence-corrected chi connectivity index (χ3v) is 8.34. The number of aromatic nitrogens is 3. The Morgan fingerprint density at radius 1 is 0.547 bits per heavy atom. The second kappa shape index (κ2) is 19.1. The van der Waals surface area contributed by atoms with Crippen LogP contribution in [0.3, 0.4) is 0 Å². The first-order valence-corrected chi connectivity index (χ1v) is 17.1.